The highest BCUT2D eigenvalue weighted by atomic mass is 19.1. The van der Waals surface area contributed by atoms with Gasteiger partial charge in [-0.1, -0.05) is 18.2 Å². The Morgan fingerprint density at radius 1 is 1.20 bits per heavy atom. The van der Waals surface area contributed by atoms with Crippen LogP contribution >= 0.6 is 0 Å². The number of rotatable bonds is 6. The largest absolute Gasteiger partial charge is 0.444 e. The molecule has 1 atom stereocenters. The molecule has 1 heterocycles. The van der Waals surface area contributed by atoms with Crippen LogP contribution in [0.25, 0.3) is 0 Å². The standard InChI is InChI=1S/C22H32FN3O4/c1-15(25-21(29)30-22(2,3)4)20(28)26-13-10-17(11-14-26)19(27)24-12-9-16-7-5-6-8-18(16)23/h5-8,15,17H,9-14H2,1-4H3,(H,24,27)(H,25,29). The van der Waals surface area contributed by atoms with Gasteiger partial charge in [0.15, 0.2) is 0 Å². The van der Waals surface area contributed by atoms with Crippen LogP contribution in [0.2, 0.25) is 0 Å². The van der Waals surface area contributed by atoms with Crippen molar-refractivity contribution in [2.24, 2.45) is 5.92 Å². The van der Waals surface area contributed by atoms with E-state index >= 15 is 0 Å². The minimum Gasteiger partial charge on any atom is -0.444 e. The number of carbonyl (C=O) groups excluding carboxylic acids is 3. The number of benzene rings is 1. The third kappa shape index (κ3) is 7.31. The number of carbonyl (C=O) groups is 3. The maximum atomic E-state index is 13.6. The number of alkyl carbamates (subject to hydrolysis) is 1. The van der Waals surface area contributed by atoms with Crippen molar-refractivity contribution in [3.8, 4) is 0 Å². The Morgan fingerprint density at radius 2 is 1.83 bits per heavy atom. The van der Waals surface area contributed by atoms with E-state index in [2.05, 4.69) is 10.6 Å². The highest BCUT2D eigenvalue weighted by Crippen LogP contribution is 2.18. The molecule has 0 bridgehead atoms. The number of piperidine rings is 1. The van der Waals surface area contributed by atoms with Crippen LogP contribution in [0.4, 0.5) is 9.18 Å². The van der Waals surface area contributed by atoms with Gasteiger partial charge in [0.2, 0.25) is 11.8 Å². The van der Waals surface area contributed by atoms with Crippen LogP contribution in [-0.4, -0.2) is 54.1 Å². The quantitative estimate of drug-likeness (QED) is 0.739. The van der Waals surface area contributed by atoms with E-state index in [1.54, 1.807) is 50.8 Å². The third-order valence-electron chi connectivity index (χ3n) is 4.93. The van der Waals surface area contributed by atoms with E-state index in [1.165, 1.54) is 6.07 Å². The molecule has 0 radical (unpaired) electrons. The van der Waals surface area contributed by atoms with Gasteiger partial charge in [0.25, 0.3) is 0 Å². The predicted molar refractivity (Wildman–Crippen MR) is 111 cm³/mol. The first kappa shape index (κ1) is 23.6. The zero-order chi connectivity index (χ0) is 22.3. The van der Waals surface area contributed by atoms with E-state index in [4.69, 9.17) is 4.74 Å². The lowest BCUT2D eigenvalue weighted by atomic mass is 9.95. The van der Waals surface area contributed by atoms with E-state index in [-0.39, 0.29) is 23.5 Å². The van der Waals surface area contributed by atoms with Gasteiger partial charge < -0.3 is 20.3 Å². The molecule has 1 unspecified atom stereocenters. The van der Waals surface area contributed by atoms with E-state index in [0.717, 1.165) is 0 Å². The van der Waals surface area contributed by atoms with Gasteiger partial charge in [0, 0.05) is 25.6 Å². The minimum atomic E-state index is -0.703. The Hall–Kier alpha value is -2.64. The summed E-state index contributed by atoms with van der Waals surface area (Å²) in [4.78, 5) is 38.4. The van der Waals surface area contributed by atoms with Crippen molar-refractivity contribution in [1.82, 2.24) is 15.5 Å². The van der Waals surface area contributed by atoms with Gasteiger partial charge in [-0.3, -0.25) is 9.59 Å². The normalized spacial score (nSPS) is 16.0. The Kier molecular flexibility index (Phi) is 8.20. The van der Waals surface area contributed by atoms with Crippen molar-refractivity contribution in [1.29, 1.82) is 0 Å². The molecule has 30 heavy (non-hydrogen) atoms. The fraction of sp³-hybridized carbons (Fsp3) is 0.591. The molecule has 3 amide bonds. The Morgan fingerprint density at radius 3 is 2.43 bits per heavy atom. The highest BCUT2D eigenvalue weighted by Gasteiger charge is 2.30. The van der Waals surface area contributed by atoms with Crippen LogP contribution < -0.4 is 10.6 Å². The molecule has 1 aromatic rings. The summed E-state index contributed by atoms with van der Waals surface area (Å²) in [7, 11) is 0. The SMILES string of the molecule is CC(NC(=O)OC(C)(C)C)C(=O)N1CCC(C(=O)NCCc2ccccc2F)CC1. The van der Waals surface area contributed by atoms with Crippen molar-refractivity contribution in [2.75, 3.05) is 19.6 Å². The molecule has 7 nitrogen and oxygen atoms in total. The van der Waals surface area contributed by atoms with Crippen molar-refractivity contribution < 1.29 is 23.5 Å². The molecule has 8 heteroatoms. The van der Waals surface area contributed by atoms with Crippen molar-refractivity contribution >= 4 is 17.9 Å². The molecule has 0 spiro atoms. The lowest BCUT2D eigenvalue weighted by Gasteiger charge is -2.33. The molecule has 0 saturated carbocycles. The van der Waals surface area contributed by atoms with Crippen LogP contribution in [0.15, 0.2) is 24.3 Å². The van der Waals surface area contributed by atoms with Gasteiger partial charge in [-0.15, -0.1) is 0 Å². The first-order valence-corrected chi connectivity index (χ1v) is 10.4. The van der Waals surface area contributed by atoms with Crippen molar-refractivity contribution in [3.63, 3.8) is 0 Å². The minimum absolute atomic E-state index is 0.0710. The number of likely N-dealkylation sites (tertiary alicyclic amines) is 1. The first-order chi connectivity index (χ1) is 14.1. The Bertz CT molecular complexity index is 755. The maximum Gasteiger partial charge on any atom is 0.408 e. The second-order valence-electron chi connectivity index (χ2n) is 8.60. The fourth-order valence-electron chi connectivity index (χ4n) is 3.35. The number of ether oxygens (including phenoxy) is 1. The van der Waals surface area contributed by atoms with Crippen LogP contribution in [0, 0.1) is 11.7 Å². The average Bonchev–Trinajstić information content (AvgIpc) is 2.67. The fourth-order valence-corrected chi connectivity index (χ4v) is 3.35. The molecular formula is C22H32FN3O4. The Balaban J connectivity index is 1.72. The first-order valence-electron chi connectivity index (χ1n) is 10.4. The van der Waals surface area contributed by atoms with Crippen LogP contribution in [-0.2, 0) is 20.7 Å². The molecule has 166 valence electrons. The van der Waals surface area contributed by atoms with E-state index in [1.807, 2.05) is 0 Å². The zero-order valence-electron chi connectivity index (χ0n) is 18.2. The number of hydrogen-bond acceptors (Lipinski definition) is 4. The summed E-state index contributed by atoms with van der Waals surface area (Å²) >= 11 is 0. The molecule has 1 aliphatic rings. The summed E-state index contributed by atoms with van der Waals surface area (Å²) in [5.74, 6) is -0.714. The lowest BCUT2D eigenvalue weighted by molar-refractivity contribution is -0.137. The highest BCUT2D eigenvalue weighted by molar-refractivity contribution is 5.86. The smallest absolute Gasteiger partial charge is 0.408 e. The van der Waals surface area contributed by atoms with Gasteiger partial charge in [0.05, 0.1) is 0 Å². The van der Waals surface area contributed by atoms with Crippen molar-refractivity contribution in [2.45, 2.75) is 58.6 Å². The molecule has 1 aliphatic heterocycles. The van der Waals surface area contributed by atoms with Gasteiger partial charge in [-0.05, 0) is 58.6 Å². The summed E-state index contributed by atoms with van der Waals surface area (Å²) in [5.41, 5.74) is -0.0603. The molecule has 0 aliphatic carbocycles. The predicted octanol–water partition coefficient (Wildman–Crippen LogP) is 2.64. The molecule has 0 aromatic heterocycles. The van der Waals surface area contributed by atoms with Gasteiger partial charge in [0.1, 0.15) is 17.5 Å². The topological polar surface area (TPSA) is 87.7 Å². The summed E-state index contributed by atoms with van der Waals surface area (Å²) in [6, 6.07) is 5.81. The summed E-state index contributed by atoms with van der Waals surface area (Å²) in [6.45, 7) is 8.15. The van der Waals surface area contributed by atoms with Gasteiger partial charge >= 0.3 is 6.09 Å². The van der Waals surface area contributed by atoms with Crippen LogP contribution in [0.3, 0.4) is 0 Å². The van der Waals surface area contributed by atoms with E-state index in [0.29, 0.717) is 44.5 Å². The second-order valence-corrected chi connectivity index (χ2v) is 8.60. The summed E-state index contributed by atoms with van der Waals surface area (Å²) in [5, 5.41) is 5.41. The van der Waals surface area contributed by atoms with E-state index in [9.17, 15) is 18.8 Å². The second kappa shape index (κ2) is 10.4. The zero-order valence-corrected chi connectivity index (χ0v) is 18.2. The molecule has 1 aromatic carbocycles. The summed E-state index contributed by atoms with van der Waals surface area (Å²) < 4.78 is 18.8. The number of amides is 3. The molecule has 1 fully saturated rings. The third-order valence-corrected chi connectivity index (χ3v) is 4.93. The average molecular weight is 422 g/mol. The number of halogens is 1. The van der Waals surface area contributed by atoms with Crippen molar-refractivity contribution in [3.05, 3.63) is 35.6 Å². The van der Waals surface area contributed by atoms with Gasteiger partial charge in [-0.2, -0.15) is 0 Å². The maximum absolute atomic E-state index is 13.6. The van der Waals surface area contributed by atoms with Gasteiger partial charge in [-0.25, -0.2) is 9.18 Å². The summed E-state index contributed by atoms with van der Waals surface area (Å²) in [6.07, 6.45) is 0.906. The molecule has 2 rings (SSSR count). The molecule has 2 N–H and O–H groups in total. The molecule has 1 saturated heterocycles. The van der Waals surface area contributed by atoms with Crippen LogP contribution in [0.1, 0.15) is 46.1 Å². The lowest BCUT2D eigenvalue weighted by Crippen LogP contribution is -2.51. The number of nitrogens with zero attached hydrogens (tertiary/aromatic N) is 1. The number of hydrogen-bond donors (Lipinski definition) is 2. The monoisotopic (exact) mass is 421 g/mol. The van der Waals surface area contributed by atoms with Crippen LogP contribution in [0.5, 0.6) is 0 Å². The Labute approximate surface area is 177 Å². The molecular weight excluding hydrogens is 389 g/mol. The number of nitrogens with one attached hydrogen (secondary N) is 2. The van der Waals surface area contributed by atoms with E-state index < -0.39 is 17.7 Å².